The number of anilines is 1. The highest BCUT2D eigenvalue weighted by Gasteiger charge is 2.23. The topological polar surface area (TPSA) is 78.7 Å². The number of amides is 1. The predicted molar refractivity (Wildman–Crippen MR) is 75.0 cm³/mol. The second-order valence-electron chi connectivity index (χ2n) is 4.39. The number of benzene rings is 1. The maximum atomic E-state index is 12.1. The van der Waals surface area contributed by atoms with E-state index in [0.717, 1.165) is 11.7 Å². The van der Waals surface area contributed by atoms with Gasteiger partial charge in [-0.2, -0.15) is 14.0 Å². The van der Waals surface area contributed by atoms with Crippen LogP contribution in [0.3, 0.4) is 0 Å². The minimum Gasteiger partial charge on any atom is -0.322 e. The Morgan fingerprint density at radius 2 is 2.21 bits per heavy atom. The predicted octanol–water partition coefficient (Wildman–Crippen LogP) is 3.08. The number of carbonyl (C=O) groups is 1. The van der Waals surface area contributed by atoms with E-state index in [0.29, 0.717) is 21.7 Å². The molecule has 2 aromatic rings. The van der Waals surface area contributed by atoms with Gasteiger partial charge in [0.2, 0.25) is 5.91 Å². The number of nitrogens with zero attached hydrogens (tertiary/aromatic N) is 3. The van der Waals surface area contributed by atoms with Crippen LogP contribution in [0.25, 0.3) is 11.0 Å². The van der Waals surface area contributed by atoms with Crippen molar-refractivity contribution in [2.45, 2.75) is 13.8 Å². The molecule has 0 fully saturated rings. The lowest BCUT2D eigenvalue weighted by atomic mass is 9.96. The summed E-state index contributed by atoms with van der Waals surface area (Å²) in [6.07, 6.45) is 0. The van der Waals surface area contributed by atoms with Crippen molar-refractivity contribution in [3.63, 3.8) is 0 Å². The molecule has 0 aliphatic carbocycles. The van der Waals surface area contributed by atoms with Crippen molar-refractivity contribution in [1.29, 1.82) is 5.26 Å². The van der Waals surface area contributed by atoms with Gasteiger partial charge >= 0.3 is 0 Å². The van der Waals surface area contributed by atoms with Crippen molar-refractivity contribution in [3.05, 3.63) is 17.2 Å². The van der Waals surface area contributed by atoms with Crippen molar-refractivity contribution >= 4 is 46.0 Å². The van der Waals surface area contributed by atoms with E-state index in [2.05, 4.69) is 14.1 Å². The first-order chi connectivity index (χ1) is 9.04. The molecule has 1 unspecified atom stereocenters. The molecule has 0 saturated carbocycles. The number of nitriles is 1. The largest absolute Gasteiger partial charge is 0.322 e. The molecule has 1 heterocycles. The number of fused-ring (bicyclic) bond motifs is 1. The van der Waals surface area contributed by atoms with Gasteiger partial charge in [-0.05, 0) is 18.1 Å². The van der Waals surface area contributed by atoms with Gasteiger partial charge in [-0.25, -0.2) is 0 Å². The molecule has 1 aromatic heterocycles. The van der Waals surface area contributed by atoms with Gasteiger partial charge in [0.25, 0.3) is 0 Å². The number of halogens is 1. The molecule has 5 nitrogen and oxygen atoms in total. The Morgan fingerprint density at radius 3 is 2.84 bits per heavy atom. The molecule has 0 aliphatic heterocycles. The Morgan fingerprint density at radius 1 is 1.47 bits per heavy atom. The smallest absolute Gasteiger partial charge is 0.242 e. The van der Waals surface area contributed by atoms with Gasteiger partial charge in [-0.3, -0.25) is 4.79 Å². The fraction of sp³-hybridized carbons (Fsp3) is 0.333. The summed E-state index contributed by atoms with van der Waals surface area (Å²) in [5.41, 5.74) is 1.63. The van der Waals surface area contributed by atoms with E-state index in [1.807, 2.05) is 19.9 Å². The van der Waals surface area contributed by atoms with E-state index in [1.54, 1.807) is 12.1 Å². The third-order valence-electron chi connectivity index (χ3n) is 2.71. The van der Waals surface area contributed by atoms with Crippen LogP contribution in [0.4, 0.5) is 5.69 Å². The van der Waals surface area contributed by atoms with Crippen LogP contribution in [-0.4, -0.2) is 14.7 Å². The molecule has 1 N–H and O–H groups in total. The lowest BCUT2D eigenvalue weighted by Crippen LogP contribution is -2.25. The van der Waals surface area contributed by atoms with Crippen LogP contribution in [-0.2, 0) is 4.79 Å². The number of aromatic nitrogens is 2. The number of rotatable bonds is 3. The molecule has 0 aliphatic rings. The Labute approximate surface area is 119 Å². The Balaban J connectivity index is 2.36. The summed E-state index contributed by atoms with van der Waals surface area (Å²) in [6, 6.07) is 5.38. The third kappa shape index (κ3) is 2.67. The lowest BCUT2D eigenvalue weighted by molar-refractivity contribution is -0.119. The molecule has 0 spiro atoms. The zero-order chi connectivity index (χ0) is 14.0. The Kier molecular flexibility index (Phi) is 3.98. The summed E-state index contributed by atoms with van der Waals surface area (Å²) < 4.78 is 8.19. The maximum Gasteiger partial charge on any atom is 0.242 e. The normalized spacial score (nSPS) is 12.4. The second kappa shape index (κ2) is 5.51. The average Bonchev–Trinajstić information content (AvgIpc) is 2.81. The molecule has 98 valence electrons. The molecule has 7 heteroatoms. The van der Waals surface area contributed by atoms with Gasteiger partial charge < -0.3 is 5.32 Å². The van der Waals surface area contributed by atoms with Crippen LogP contribution in [0.2, 0.25) is 5.02 Å². The number of carbonyl (C=O) groups excluding carboxylic acids is 1. The summed E-state index contributed by atoms with van der Waals surface area (Å²) in [6.45, 7) is 3.64. The second-order valence-corrected chi connectivity index (χ2v) is 5.33. The molecule has 0 radical (unpaired) electrons. The van der Waals surface area contributed by atoms with Crippen LogP contribution in [0.15, 0.2) is 12.1 Å². The Hall–Kier alpha value is -1.71. The molecule has 1 atom stereocenters. The molecular formula is C12H11ClN4OS. The average molecular weight is 295 g/mol. The van der Waals surface area contributed by atoms with Crippen LogP contribution < -0.4 is 5.32 Å². The highest BCUT2D eigenvalue weighted by molar-refractivity contribution is 7.00. The fourth-order valence-electron chi connectivity index (χ4n) is 1.66. The Bertz CT molecular complexity index is 661. The van der Waals surface area contributed by atoms with Crippen LogP contribution in [0.5, 0.6) is 0 Å². The zero-order valence-corrected chi connectivity index (χ0v) is 11.9. The van der Waals surface area contributed by atoms with Crippen molar-refractivity contribution in [2.75, 3.05) is 5.32 Å². The molecule has 2 rings (SSSR count). The van der Waals surface area contributed by atoms with Crippen molar-refractivity contribution in [3.8, 4) is 6.07 Å². The number of hydrogen-bond acceptors (Lipinski definition) is 5. The SMILES string of the molecule is CC(C)C(C#N)C(=O)Nc1c(Cl)ccc2nsnc12. The van der Waals surface area contributed by atoms with Gasteiger partial charge in [0.1, 0.15) is 17.0 Å². The highest BCUT2D eigenvalue weighted by atomic mass is 35.5. The first-order valence-corrected chi connectivity index (χ1v) is 6.76. The van der Waals surface area contributed by atoms with Crippen molar-refractivity contribution < 1.29 is 4.79 Å². The maximum absolute atomic E-state index is 12.1. The van der Waals surface area contributed by atoms with Gasteiger partial charge in [-0.1, -0.05) is 25.4 Å². The zero-order valence-electron chi connectivity index (χ0n) is 10.3. The monoisotopic (exact) mass is 294 g/mol. The van der Waals surface area contributed by atoms with Crippen molar-refractivity contribution in [2.24, 2.45) is 11.8 Å². The van der Waals surface area contributed by atoms with Crippen LogP contribution in [0, 0.1) is 23.2 Å². The summed E-state index contributed by atoms with van der Waals surface area (Å²) in [7, 11) is 0. The highest BCUT2D eigenvalue weighted by Crippen LogP contribution is 2.30. The van der Waals surface area contributed by atoms with E-state index in [1.165, 1.54) is 0 Å². The van der Waals surface area contributed by atoms with E-state index >= 15 is 0 Å². The third-order valence-corrected chi connectivity index (χ3v) is 3.57. The minimum atomic E-state index is -0.724. The molecular weight excluding hydrogens is 284 g/mol. The minimum absolute atomic E-state index is 0.0727. The molecule has 1 aromatic carbocycles. The lowest BCUT2D eigenvalue weighted by Gasteiger charge is -2.14. The van der Waals surface area contributed by atoms with Gasteiger partial charge in [0.15, 0.2) is 0 Å². The summed E-state index contributed by atoms with van der Waals surface area (Å²) in [4.78, 5) is 12.1. The first-order valence-electron chi connectivity index (χ1n) is 5.66. The molecule has 0 bridgehead atoms. The molecule has 0 saturated heterocycles. The van der Waals surface area contributed by atoms with Gasteiger partial charge in [0.05, 0.1) is 28.5 Å². The number of hydrogen-bond donors (Lipinski definition) is 1. The van der Waals surface area contributed by atoms with Crippen LogP contribution >= 0.6 is 23.3 Å². The summed E-state index contributed by atoms with van der Waals surface area (Å²) >= 11 is 7.12. The van der Waals surface area contributed by atoms with E-state index in [9.17, 15) is 4.79 Å². The molecule has 19 heavy (non-hydrogen) atoms. The quantitative estimate of drug-likeness (QED) is 0.943. The van der Waals surface area contributed by atoms with Gasteiger partial charge in [-0.15, -0.1) is 0 Å². The van der Waals surface area contributed by atoms with Crippen molar-refractivity contribution in [1.82, 2.24) is 8.75 Å². The standard InChI is InChI=1S/C12H11ClN4OS/c1-6(2)7(5-14)12(18)15-10-8(13)3-4-9-11(10)17-19-16-9/h3-4,6-7H,1-2H3,(H,15,18). The van der Waals surface area contributed by atoms with E-state index < -0.39 is 5.92 Å². The summed E-state index contributed by atoms with van der Waals surface area (Å²) in [5.74, 6) is -1.17. The number of nitrogens with one attached hydrogen (secondary N) is 1. The van der Waals surface area contributed by atoms with E-state index in [-0.39, 0.29) is 11.8 Å². The van der Waals surface area contributed by atoms with E-state index in [4.69, 9.17) is 16.9 Å². The fourth-order valence-corrected chi connectivity index (χ4v) is 2.40. The first kappa shape index (κ1) is 13.7. The summed E-state index contributed by atoms with van der Waals surface area (Å²) in [5, 5.41) is 12.1. The molecule has 1 amide bonds. The van der Waals surface area contributed by atoms with Crippen LogP contribution in [0.1, 0.15) is 13.8 Å². The van der Waals surface area contributed by atoms with Gasteiger partial charge in [0, 0.05) is 0 Å².